The van der Waals surface area contributed by atoms with E-state index in [-0.39, 0.29) is 17.2 Å². The maximum absolute atomic E-state index is 13.6. The van der Waals surface area contributed by atoms with E-state index in [4.69, 9.17) is 5.73 Å². The summed E-state index contributed by atoms with van der Waals surface area (Å²) in [6, 6.07) is 0.913. The van der Waals surface area contributed by atoms with Crippen LogP contribution >= 0.6 is 0 Å². The van der Waals surface area contributed by atoms with E-state index in [0.717, 1.165) is 18.9 Å². The molecule has 3 nitrogen and oxygen atoms in total. The Morgan fingerprint density at radius 2 is 2.12 bits per heavy atom. The van der Waals surface area contributed by atoms with Gasteiger partial charge in [-0.15, -0.1) is 0 Å². The van der Waals surface area contributed by atoms with Gasteiger partial charge in [0.15, 0.2) is 0 Å². The van der Waals surface area contributed by atoms with Gasteiger partial charge in [-0.2, -0.15) is 0 Å². The average Bonchev–Trinajstić information content (AvgIpc) is 2.49. The highest BCUT2D eigenvalue weighted by molar-refractivity contribution is 6.04. The van der Waals surface area contributed by atoms with Crippen molar-refractivity contribution in [1.29, 1.82) is 0 Å². The molecule has 1 aliphatic heterocycles. The van der Waals surface area contributed by atoms with Gasteiger partial charge in [-0.05, 0) is 12.5 Å². The molecular weight excluding hydrogens is 226 g/mol. The molecule has 1 aliphatic rings. The van der Waals surface area contributed by atoms with Gasteiger partial charge < -0.3 is 10.6 Å². The van der Waals surface area contributed by atoms with Gasteiger partial charge in [0.1, 0.15) is 17.7 Å². The van der Waals surface area contributed by atoms with E-state index in [1.807, 2.05) is 6.92 Å². The SMILES string of the molecule is CCCCN1C(=O)C(N)c2c(F)cc(F)cc21. The molecule has 17 heavy (non-hydrogen) atoms. The van der Waals surface area contributed by atoms with E-state index < -0.39 is 17.7 Å². The van der Waals surface area contributed by atoms with Crippen molar-refractivity contribution in [2.45, 2.75) is 25.8 Å². The van der Waals surface area contributed by atoms with Crippen LogP contribution in [-0.2, 0) is 4.79 Å². The molecule has 1 aromatic rings. The Bertz CT molecular complexity index is 462. The number of amides is 1. The first-order valence-electron chi connectivity index (χ1n) is 5.62. The number of nitrogens with zero attached hydrogens (tertiary/aromatic N) is 1. The summed E-state index contributed by atoms with van der Waals surface area (Å²) < 4.78 is 26.7. The largest absolute Gasteiger partial charge is 0.316 e. The second kappa shape index (κ2) is 4.41. The zero-order valence-electron chi connectivity index (χ0n) is 9.54. The van der Waals surface area contributed by atoms with Crippen LogP contribution in [0, 0.1) is 11.6 Å². The molecule has 0 aliphatic carbocycles. The van der Waals surface area contributed by atoms with E-state index in [1.165, 1.54) is 11.0 Å². The number of unbranched alkanes of at least 4 members (excludes halogenated alkanes) is 1. The van der Waals surface area contributed by atoms with Crippen molar-refractivity contribution in [2.75, 3.05) is 11.4 Å². The van der Waals surface area contributed by atoms with Gasteiger partial charge in [0.05, 0.1) is 5.69 Å². The number of hydrogen-bond acceptors (Lipinski definition) is 2. The number of fused-ring (bicyclic) bond motifs is 1. The molecule has 1 atom stereocenters. The van der Waals surface area contributed by atoms with Gasteiger partial charge in [0, 0.05) is 18.2 Å². The van der Waals surface area contributed by atoms with Crippen LogP contribution in [-0.4, -0.2) is 12.5 Å². The van der Waals surface area contributed by atoms with Gasteiger partial charge in [0.2, 0.25) is 5.91 Å². The molecule has 0 spiro atoms. The second-order valence-electron chi connectivity index (χ2n) is 4.14. The number of carbonyl (C=O) groups is 1. The van der Waals surface area contributed by atoms with Gasteiger partial charge >= 0.3 is 0 Å². The summed E-state index contributed by atoms with van der Waals surface area (Å²) in [4.78, 5) is 13.2. The van der Waals surface area contributed by atoms with Crippen molar-refractivity contribution in [2.24, 2.45) is 5.73 Å². The molecule has 1 amide bonds. The Hall–Kier alpha value is -1.49. The van der Waals surface area contributed by atoms with Crippen molar-refractivity contribution in [1.82, 2.24) is 0 Å². The van der Waals surface area contributed by atoms with E-state index in [0.29, 0.717) is 6.54 Å². The Kier molecular flexibility index (Phi) is 3.11. The predicted octanol–water partition coefficient (Wildman–Crippen LogP) is 2.11. The summed E-state index contributed by atoms with van der Waals surface area (Å²) >= 11 is 0. The fourth-order valence-corrected chi connectivity index (χ4v) is 2.06. The monoisotopic (exact) mass is 240 g/mol. The first kappa shape index (κ1) is 12.0. The van der Waals surface area contributed by atoms with E-state index in [1.54, 1.807) is 0 Å². The fourth-order valence-electron chi connectivity index (χ4n) is 2.06. The summed E-state index contributed by atoms with van der Waals surface area (Å²) in [6.07, 6.45) is 1.67. The summed E-state index contributed by atoms with van der Waals surface area (Å²) in [6.45, 7) is 2.42. The fraction of sp³-hybridized carbons (Fsp3) is 0.417. The smallest absolute Gasteiger partial charge is 0.248 e. The molecule has 0 radical (unpaired) electrons. The van der Waals surface area contributed by atoms with Crippen molar-refractivity contribution in [3.63, 3.8) is 0 Å². The maximum atomic E-state index is 13.6. The normalized spacial score (nSPS) is 18.7. The van der Waals surface area contributed by atoms with E-state index >= 15 is 0 Å². The van der Waals surface area contributed by atoms with Gasteiger partial charge in [-0.1, -0.05) is 13.3 Å². The van der Waals surface area contributed by atoms with Crippen molar-refractivity contribution in [3.8, 4) is 0 Å². The lowest BCUT2D eigenvalue weighted by Crippen LogP contribution is -2.32. The molecule has 0 saturated heterocycles. The van der Waals surface area contributed by atoms with Crippen molar-refractivity contribution >= 4 is 11.6 Å². The van der Waals surface area contributed by atoms with Gasteiger partial charge in [-0.25, -0.2) is 8.78 Å². The minimum atomic E-state index is -1.01. The zero-order chi connectivity index (χ0) is 12.6. The summed E-state index contributed by atoms with van der Waals surface area (Å²) in [7, 11) is 0. The zero-order valence-corrected chi connectivity index (χ0v) is 9.54. The third-order valence-corrected chi connectivity index (χ3v) is 2.94. The lowest BCUT2D eigenvalue weighted by molar-refractivity contribution is -0.119. The molecule has 1 heterocycles. The maximum Gasteiger partial charge on any atom is 0.248 e. The lowest BCUT2D eigenvalue weighted by atomic mass is 10.1. The van der Waals surface area contributed by atoms with Gasteiger partial charge in [-0.3, -0.25) is 4.79 Å². The molecule has 2 rings (SSSR count). The third-order valence-electron chi connectivity index (χ3n) is 2.94. The summed E-state index contributed by atoms with van der Waals surface area (Å²) in [5.41, 5.74) is 6.03. The predicted molar refractivity (Wildman–Crippen MR) is 60.5 cm³/mol. The van der Waals surface area contributed by atoms with Crippen molar-refractivity contribution < 1.29 is 13.6 Å². The van der Waals surface area contributed by atoms with Crippen LogP contribution in [0.25, 0.3) is 0 Å². The second-order valence-corrected chi connectivity index (χ2v) is 4.14. The number of benzene rings is 1. The number of carbonyl (C=O) groups excluding carboxylic acids is 1. The van der Waals surface area contributed by atoms with Crippen LogP contribution < -0.4 is 10.6 Å². The highest BCUT2D eigenvalue weighted by atomic mass is 19.1. The summed E-state index contributed by atoms with van der Waals surface area (Å²) in [5, 5.41) is 0. The lowest BCUT2D eigenvalue weighted by Gasteiger charge is -2.16. The van der Waals surface area contributed by atoms with E-state index in [9.17, 15) is 13.6 Å². The first-order chi connectivity index (χ1) is 8.06. The Labute approximate surface area is 98.2 Å². The molecule has 1 aromatic carbocycles. The Morgan fingerprint density at radius 3 is 2.76 bits per heavy atom. The molecule has 2 N–H and O–H groups in total. The molecule has 0 aromatic heterocycles. The van der Waals surface area contributed by atoms with Crippen LogP contribution in [0.4, 0.5) is 14.5 Å². The Morgan fingerprint density at radius 1 is 1.41 bits per heavy atom. The Balaban J connectivity index is 2.44. The molecule has 0 saturated carbocycles. The summed E-state index contributed by atoms with van der Waals surface area (Å²) in [5.74, 6) is -1.80. The van der Waals surface area contributed by atoms with Crippen LogP contribution in [0.3, 0.4) is 0 Å². The van der Waals surface area contributed by atoms with E-state index in [2.05, 4.69) is 0 Å². The molecule has 92 valence electrons. The number of anilines is 1. The van der Waals surface area contributed by atoms with Crippen LogP contribution in [0.1, 0.15) is 31.4 Å². The van der Waals surface area contributed by atoms with Crippen molar-refractivity contribution in [3.05, 3.63) is 29.3 Å². The highest BCUT2D eigenvalue weighted by Gasteiger charge is 2.37. The molecule has 0 fully saturated rings. The molecular formula is C12H14F2N2O. The number of hydrogen-bond donors (Lipinski definition) is 1. The number of halogens is 2. The number of rotatable bonds is 3. The quantitative estimate of drug-likeness (QED) is 0.879. The molecule has 5 heteroatoms. The highest BCUT2D eigenvalue weighted by Crippen LogP contribution is 2.37. The molecule has 0 bridgehead atoms. The van der Waals surface area contributed by atoms with Crippen LogP contribution in [0.15, 0.2) is 12.1 Å². The van der Waals surface area contributed by atoms with Crippen LogP contribution in [0.5, 0.6) is 0 Å². The van der Waals surface area contributed by atoms with Gasteiger partial charge in [0.25, 0.3) is 0 Å². The standard InChI is InChI=1S/C12H14F2N2O/c1-2-3-4-16-9-6-7(13)5-8(14)10(9)11(15)12(16)17/h5-6,11H,2-4,15H2,1H3. The topological polar surface area (TPSA) is 46.3 Å². The first-order valence-corrected chi connectivity index (χ1v) is 5.62. The number of nitrogens with two attached hydrogens (primary N) is 1. The minimum Gasteiger partial charge on any atom is -0.316 e. The average molecular weight is 240 g/mol. The van der Waals surface area contributed by atoms with Crippen LogP contribution in [0.2, 0.25) is 0 Å². The third kappa shape index (κ3) is 1.91. The molecule has 1 unspecified atom stereocenters. The minimum absolute atomic E-state index is 0.104.